The molecule has 0 saturated carbocycles. The molecular formula is C18H20FNO3S. The van der Waals surface area contributed by atoms with E-state index in [2.05, 4.69) is 0 Å². The van der Waals surface area contributed by atoms with Gasteiger partial charge < -0.3 is 4.74 Å². The zero-order chi connectivity index (χ0) is 17.0. The summed E-state index contributed by atoms with van der Waals surface area (Å²) in [7, 11) is -3.41. The summed E-state index contributed by atoms with van der Waals surface area (Å²) in [5, 5.41) is 0. The van der Waals surface area contributed by atoms with Crippen molar-refractivity contribution < 1.29 is 17.5 Å². The largest absolute Gasteiger partial charge is 0.489 e. The van der Waals surface area contributed by atoms with E-state index in [9.17, 15) is 12.8 Å². The number of rotatable bonds is 5. The predicted octanol–water partition coefficient (Wildman–Crippen LogP) is 3.58. The highest BCUT2D eigenvalue weighted by Crippen LogP contribution is 2.23. The van der Waals surface area contributed by atoms with Crippen molar-refractivity contribution >= 4 is 10.0 Å². The maximum atomic E-state index is 12.9. The fourth-order valence-corrected chi connectivity index (χ4v) is 4.23. The number of piperidine rings is 1. The number of hydrogen-bond donors (Lipinski definition) is 0. The summed E-state index contributed by atoms with van der Waals surface area (Å²) in [6, 6.07) is 12.5. The van der Waals surface area contributed by atoms with Crippen LogP contribution in [-0.4, -0.2) is 25.8 Å². The topological polar surface area (TPSA) is 46.6 Å². The lowest BCUT2D eigenvalue weighted by Crippen LogP contribution is -2.35. The van der Waals surface area contributed by atoms with Crippen LogP contribution in [0.4, 0.5) is 4.39 Å². The highest BCUT2D eigenvalue weighted by atomic mass is 32.2. The molecule has 4 nitrogen and oxygen atoms in total. The van der Waals surface area contributed by atoms with Gasteiger partial charge in [-0.15, -0.1) is 0 Å². The Morgan fingerprint density at radius 3 is 2.17 bits per heavy atom. The van der Waals surface area contributed by atoms with E-state index >= 15 is 0 Å². The quantitative estimate of drug-likeness (QED) is 0.829. The van der Waals surface area contributed by atoms with E-state index in [1.54, 1.807) is 40.7 Å². The summed E-state index contributed by atoms with van der Waals surface area (Å²) in [6.07, 6.45) is 2.92. The molecule has 2 aromatic rings. The molecule has 0 amide bonds. The van der Waals surface area contributed by atoms with Gasteiger partial charge in [0.25, 0.3) is 0 Å². The van der Waals surface area contributed by atoms with Crippen LogP contribution < -0.4 is 4.74 Å². The first kappa shape index (κ1) is 16.9. The number of sulfonamides is 1. The molecule has 0 radical (unpaired) electrons. The third kappa shape index (κ3) is 3.94. The normalized spacial score (nSPS) is 16.0. The Labute approximate surface area is 141 Å². The second-order valence-corrected chi connectivity index (χ2v) is 7.79. The van der Waals surface area contributed by atoms with Crippen molar-refractivity contribution in [1.82, 2.24) is 4.31 Å². The molecule has 0 bridgehead atoms. The molecule has 0 N–H and O–H groups in total. The number of nitrogens with zero attached hydrogens (tertiary/aromatic N) is 1. The second-order valence-electron chi connectivity index (χ2n) is 5.85. The minimum Gasteiger partial charge on any atom is -0.489 e. The first-order valence-corrected chi connectivity index (χ1v) is 9.47. The van der Waals surface area contributed by atoms with Crippen molar-refractivity contribution in [3.63, 3.8) is 0 Å². The van der Waals surface area contributed by atoms with Crippen LogP contribution in [0.5, 0.6) is 5.75 Å². The van der Waals surface area contributed by atoms with Gasteiger partial charge in [0.05, 0.1) is 4.90 Å². The molecule has 0 aromatic heterocycles. The van der Waals surface area contributed by atoms with E-state index in [1.165, 1.54) is 12.1 Å². The first-order chi connectivity index (χ1) is 11.6. The second kappa shape index (κ2) is 7.32. The monoisotopic (exact) mass is 349 g/mol. The Balaban J connectivity index is 1.65. The molecule has 1 fully saturated rings. The van der Waals surface area contributed by atoms with Crippen LogP contribution >= 0.6 is 0 Å². The molecule has 1 aliphatic heterocycles. The van der Waals surface area contributed by atoms with Crippen LogP contribution in [0.3, 0.4) is 0 Å². The van der Waals surface area contributed by atoms with Crippen LogP contribution in [0.25, 0.3) is 0 Å². The average Bonchev–Trinajstić information content (AvgIpc) is 2.62. The van der Waals surface area contributed by atoms with Gasteiger partial charge >= 0.3 is 0 Å². The van der Waals surface area contributed by atoms with Gasteiger partial charge in [0.1, 0.15) is 18.2 Å². The number of ether oxygens (including phenoxy) is 1. The van der Waals surface area contributed by atoms with Gasteiger partial charge in [0.2, 0.25) is 10.0 Å². The zero-order valence-electron chi connectivity index (χ0n) is 13.3. The van der Waals surface area contributed by atoms with E-state index in [-0.39, 0.29) is 5.82 Å². The SMILES string of the molecule is O=S(=O)(c1ccc(OCc2ccc(F)cc2)cc1)N1CCCCC1. The molecule has 1 heterocycles. The molecule has 128 valence electrons. The zero-order valence-corrected chi connectivity index (χ0v) is 14.1. The fraction of sp³-hybridized carbons (Fsp3) is 0.333. The van der Waals surface area contributed by atoms with Crippen molar-refractivity contribution in [3.8, 4) is 5.75 Å². The van der Waals surface area contributed by atoms with E-state index in [0.29, 0.717) is 30.3 Å². The Hall–Kier alpha value is -1.92. The fourth-order valence-electron chi connectivity index (χ4n) is 2.71. The molecule has 0 unspecified atom stereocenters. The summed E-state index contributed by atoms with van der Waals surface area (Å²) < 4.78 is 45.1. The van der Waals surface area contributed by atoms with Crippen molar-refractivity contribution in [2.75, 3.05) is 13.1 Å². The summed E-state index contributed by atoms with van der Waals surface area (Å²) in [5.41, 5.74) is 0.849. The maximum Gasteiger partial charge on any atom is 0.243 e. The predicted molar refractivity (Wildman–Crippen MR) is 89.8 cm³/mol. The third-order valence-electron chi connectivity index (χ3n) is 4.10. The Bertz CT molecular complexity index is 767. The summed E-state index contributed by atoms with van der Waals surface area (Å²) >= 11 is 0. The summed E-state index contributed by atoms with van der Waals surface area (Å²) in [4.78, 5) is 0.290. The van der Waals surface area contributed by atoms with Crippen molar-refractivity contribution in [1.29, 1.82) is 0 Å². The van der Waals surface area contributed by atoms with E-state index in [1.807, 2.05) is 0 Å². The van der Waals surface area contributed by atoms with E-state index in [0.717, 1.165) is 24.8 Å². The summed E-state index contributed by atoms with van der Waals surface area (Å²) in [6.45, 7) is 1.48. The van der Waals surface area contributed by atoms with Crippen LogP contribution in [0, 0.1) is 5.82 Å². The molecule has 1 saturated heterocycles. The van der Waals surface area contributed by atoms with Gasteiger partial charge in [-0.2, -0.15) is 4.31 Å². The summed E-state index contributed by atoms with van der Waals surface area (Å²) in [5.74, 6) is 0.294. The van der Waals surface area contributed by atoms with Gasteiger partial charge in [-0.25, -0.2) is 12.8 Å². The highest BCUT2D eigenvalue weighted by Gasteiger charge is 2.25. The van der Waals surface area contributed by atoms with Gasteiger partial charge in [0, 0.05) is 13.1 Å². The van der Waals surface area contributed by atoms with Crippen LogP contribution in [-0.2, 0) is 16.6 Å². The lowest BCUT2D eigenvalue weighted by molar-refractivity contribution is 0.305. The number of halogens is 1. The Morgan fingerprint density at radius 1 is 0.917 bits per heavy atom. The van der Waals surface area contributed by atoms with Gasteiger partial charge in [0.15, 0.2) is 0 Å². The lowest BCUT2D eigenvalue weighted by Gasteiger charge is -2.25. The van der Waals surface area contributed by atoms with E-state index in [4.69, 9.17) is 4.74 Å². The molecule has 2 aromatic carbocycles. The minimum atomic E-state index is -3.41. The molecule has 0 spiro atoms. The third-order valence-corrected chi connectivity index (χ3v) is 6.01. The van der Waals surface area contributed by atoms with Gasteiger partial charge in [-0.3, -0.25) is 0 Å². The van der Waals surface area contributed by atoms with Crippen LogP contribution in [0.2, 0.25) is 0 Å². The number of hydrogen-bond acceptors (Lipinski definition) is 3. The van der Waals surface area contributed by atoms with E-state index < -0.39 is 10.0 Å². The lowest BCUT2D eigenvalue weighted by atomic mass is 10.2. The standard InChI is InChI=1S/C18H20FNO3S/c19-16-6-4-15(5-7-16)14-23-17-8-10-18(11-9-17)24(21,22)20-12-2-1-3-13-20/h4-11H,1-3,12-14H2. The smallest absolute Gasteiger partial charge is 0.243 e. The molecule has 1 aliphatic rings. The molecule has 3 rings (SSSR count). The molecular weight excluding hydrogens is 329 g/mol. The Morgan fingerprint density at radius 2 is 1.54 bits per heavy atom. The van der Waals surface area contributed by atoms with Crippen molar-refractivity contribution in [3.05, 3.63) is 59.9 Å². The molecule has 0 aliphatic carbocycles. The minimum absolute atomic E-state index is 0.286. The maximum absolute atomic E-state index is 12.9. The van der Waals surface area contributed by atoms with Gasteiger partial charge in [-0.05, 0) is 54.8 Å². The highest BCUT2D eigenvalue weighted by molar-refractivity contribution is 7.89. The molecule has 6 heteroatoms. The molecule has 0 atom stereocenters. The van der Waals surface area contributed by atoms with Crippen molar-refractivity contribution in [2.24, 2.45) is 0 Å². The Kier molecular flexibility index (Phi) is 5.16. The average molecular weight is 349 g/mol. The molecule has 24 heavy (non-hydrogen) atoms. The first-order valence-electron chi connectivity index (χ1n) is 8.03. The number of benzene rings is 2. The van der Waals surface area contributed by atoms with Crippen molar-refractivity contribution in [2.45, 2.75) is 30.8 Å². The van der Waals surface area contributed by atoms with Gasteiger partial charge in [-0.1, -0.05) is 18.6 Å². The van der Waals surface area contributed by atoms with Crippen LogP contribution in [0.15, 0.2) is 53.4 Å². The van der Waals surface area contributed by atoms with Crippen LogP contribution in [0.1, 0.15) is 24.8 Å².